The van der Waals surface area contributed by atoms with E-state index in [0.29, 0.717) is 38.0 Å². The van der Waals surface area contributed by atoms with Gasteiger partial charge in [0.2, 0.25) is 15.9 Å². The molecule has 0 saturated carbocycles. The van der Waals surface area contributed by atoms with E-state index in [1.54, 1.807) is 37.3 Å². The molecule has 0 aliphatic rings. The number of benzene rings is 2. The van der Waals surface area contributed by atoms with E-state index in [2.05, 4.69) is 4.98 Å². The number of fused-ring (bicyclic) bond motifs is 1. The Morgan fingerprint density at radius 1 is 1.12 bits per heavy atom. The molecule has 1 amide bonds. The van der Waals surface area contributed by atoms with Crippen LogP contribution in [-0.4, -0.2) is 60.3 Å². The second kappa shape index (κ2) is 10.4. The molecule has 2 aromatic carbocycles. The Hall–Kier alpha value is -2.91. The van der Waals surface area contributed by atoms with Crippen LogP contribution in [0.4, 0.5) is 0 Å². The van der Waals surface area contributed by atoms with Gasteiger partial charge in [-0.2, -0.15) is 4.31 Å². The highest BCUT2D eigenvalue weighted by Crippen LogP contribution is 2.23. The van der Waals surface area contributed by atoms with E-state index in [4.69, 9.17) is 4.74 Å². The molecular weight excluding hydrogens is 440 g/mol. The standard InChI is InChI=1S/C24H32N4O4S/c1-6-28(7-2)33(30,31)20-11-12-22-21(16-20)25-23(27(22)4)13-14-24(29)26(3)17-18-9-8-10-19(15-18)32-5/h8-12,15-16H,6-7,13-14,17H2,1-5H3. The summed E-state index contributed by atoms with van der Waals surface area (Å²) >= 11 is 0. The molecule has 0 aliphatic heterocycles. The van der Waals surface area contributed by atoms with Gasteiger partial charge in [-0.25, -0.2) is 13.4 Å². The molecule has 1 heterocycles. The first-order chi connectivity index (χ1) is 15.7. The first-order valence-electron chi connectivity index (χ1n) is 11.0. The summed E-state index contributed by atoms with van der Waals surface area (Å²) < 4.78 is 34.3. The smallest absolute Gasteiger partial charge is 0.243 e. The lowest BCUT2D eigenvalue weighted by Crippen LogP contribution is -2.30. The molecule has 0 spiro atoms. The van der Waals surface area contributed by atoms with Crippen molar-refractivity contribution in [3.8, 4) is 5.75 Å². The van der Waals surface area contributed by atoms with Crippen LogP contribution in [0.25, 0.3) is 11.0 Å². The van der Waals surface area contributed by atoms with Gasteiger partial charge in [0.25, 0.3) is 0 Å². The molecule has 0 atom stereocenters. The Morgan fingerprint density at radius 2 is 1.85 bits per heavy atom. The fraction of sp³-hybridized carbons (Fsp3) is 0.417. The van der Waals surface area contributed by atoms with Crippen LogP contribution in [0.15, 0.2) is 47.4 Å². The Morgan fingerprint density at radius 3 is 2.52 bits per heavy atom. The number of rotatable bonds is 10. The van der Waals surface area contributed by atoms with E-state index >= 15 is 0 Å². The number of sulfonamides is 1. The zero-order chi connectivity index (χ0) is 24.2. The highest BCUT2D eigenvalue weighted by atomic mass is 32.2. The molecule has 3 rings (SSSR count). The van der Waals surface area contributed by atoms with Gasteiger partial charge in [0.15, 0.2) is 0 Å². The predicted octanol–water partition coefficient (Wildman–Crippen LogP) is 3.20. The number of ether oxygens (including phenoxy) is 1. The monoisotopic (exact) mass is 472 g/mol. The van der Waals surface area contributed by atoms with Crippen molar-refractivity contribution < 1.29 is 17.9 Å². The SMILES string of the molecule is CCN(CC)S(=O)(=O)c1ccc2c(c1)nc(CCC(=O)N(C)Cc1cccc(OC)c1)n2C. The summed E-state index contributed by atoms with van der Waals surface area (Å²) in [7, 11) is 1.73. The van der Waals surface area contributed by atoms with Gasteiger partial charge in [-0.1, -0.05) is 26.0 Å². The summed E-state index contributed by atoms with van der Waals surface area (Å²) in [5.41, 5.74) is 2.44. The Balaban J connectivity index is 1.72. The lowest BCUT2D eigenvalue weighted by atomic mass is 10.2. The highest BCUT2D eigenvalue weighted by molar-refractivity contribution is 7.89. The zero-order valence-electron chi connectivity index (χ0n) is 19.9. The lowest BCUT2D eigenvalue weighted by molar-refractivity contribution is -0.130. The molecular formula is C24H32N4O4S. The summed E-state index contributed by atoms with van der Waals surface area (Å²) in [5.74, 6) is 1.51. The van der Waals surface area contributed by atoms with Crippen LogP contribution < -0.4 is 4.74 Å². The van der Waals surface area contributed by atoms with Gasteiger partial charge in [-0.05, 0) is 35.9 Å². The number of imidazole rings is 1. The summed E-state index contributed by atoms with van der Waals surface area (Å²) in [6, 6.07) is 12.7. The van der Waals surface area contributed by atoms with Gasteiger partial charge in [0.05, 0.1) is 23.0 Å². The number of methoxy groups -OCH3 is 1. The molecule has 0 radical (unpaired) electrons. The van der Waals surface area contributed by atoms with Crippen molar-refractivity contribution in [3.05, 3.63) is 53.9 Å². The van der Waals surface area contributed by atoms with Crippen LogP contribution in [0.2, 0.25) is 0 Å². The van der Waals surface area contributed by atoms with Crippen molar-refractivity contribution in [1.82, 2.24) is 18.8 Å². The van der Waals surface area contributed by atoms with Gasteiger partial charge >= 0.3 is 0 Å². The molecule has 1 aromatic heterocycles. The Kier molecular flexibility index (Phi) is 7.76. The third kappa shape index (κ3) is 5.36. The third-order valence-electron chi connectivity index (χ3n) is 5.83. The van der Waals surface area contributed by atoms with E-state index in [-0.39, 0.29) is 10.8 Å². The second-order valence-electron chi connectivity index (χ2n) is 7.93. The number of aryl methyl sites for hydroxylation is 2. The van der Waals surface area contributed by atoms with Crippen LogP contribution >= 0.6 is 0 Å². The summed E-state index contributed by atoms with van der Waals surface area (Å²) in [6.07, 6.45) is 0.771. The minimum absolute atomic E-state index is 0.00896. The number of carbonyl (C=O) groups excluding carboxylic acids is 1. The average Bonchev–Trinajstić information content (AvgIpc) is 3.13. The van der Waals surface area contributed by atoms with Crippen molar-refractivity contribution in [2.24, 2.45) is 7.05 Å². The normalized spacial score (nSPS) is 11.8. The maximum absolute atomic E-state index is 12.8. The minimum Gasteiger partial charge on any atom is -0.497 e. The first kappa shape index (κ1) is 24.7. The van der Waals surface area contributed by atoms with Gasteiger partial charge in [0, 0.05) is 46.6 Å². The number of hydrogen-bond donors (Lipinski definition) is 0. The van der Waals surface area contributed by atoms with Crippen molar-refractivity contribution in [2.75, 3.05) is 27.2 Å². The van der Waals surface area contributed by atoms with Crippen molar-refractivity contribution >= 4 is 27.0 Å². The molecule has 9 heteroatoms. The predicted molar refractivity (Wildman–Crippen MR) is 129 cm³/mol. The largest absolute Gasteiger partial charge is 0.497 e. The summed E-state index contributed by atoms with van der Waals surface area (Å²) in [6.45, 7) is 4.96. The Bertz CT molecular complexity index is 1230. The number of aromatic nitrogens is 2. The third-order valence-corrected chi connectivity index (χ3v) is 7.88. The highest BCUT2D eigenvalue weighted by Gasteiger charge is 2.23. The number of nitrogens with zero attached hydrogens (tertiary/aromatic N) is 4. The van der Waals surface area contributed by atoms with Crippen molar-refractivity contribution in [3.63, 3.8) is 0 Å². The van der Waals surface area contributed by atoms with Crippen LogP contribution in [-0.2, 0) is 34.8 Å². The molecule has 0 aliphatic carbocycles. The fourth-order valence-electron chi connectivity index (χ4n) is 3.87. The lowest BCUT2D eigenvalue weighted by Gasteiger charge is -2.18. The van der Waals surface area contributed by atoms with Crippen LogP contribution in [0.3, 0.4) is 0 Å². The Labute approximate surface area is 195 Å². The van der Waals surface area contributed by atoms with Crippen LogP contribution in [0.1, 0.15) is 31.7 Å². The molecule has 178 valence electrons. The van der Waals surface area contributed by atoms with Crippen molar-refractivity contribution in [2.45, 2.75) is 38.1 Å². The van der Waals surface area contributed by atoms with E-state index in [0.717, 1.165) is 22.7 Å². The molecule has 33 heavy (non-hydrogen) atoms. The molecule has 0 N–H and O–H groups in total. The summed E-state index contributed by atoms with van der Waals surface area (Å²) in [4.78, 5) is 19.2. The molecule has 0 saturated heterocycles. The van der Waals surface area contributed by atoms with Crippen molar-refractivity contribution in [1.29, 1.82) is 0 Å². The van der Waals surface area contributed by atoms with E-state index in [1.165, 1.54) is 4.31 Å². The zero-order valence-corrected chi connectivity index (χ0v) is 20.7. The quantitative estimate of drug-likeness (QED) is 0.452. The number of carbonyl (C=O) groups is 1. The van der Waals surface area contributed by atoms with Gasteiger partial charge < -0.3 is 14.2 Å². The maximum Gasteiger partial charge on any atom is 0.243 e. The number of hydrogen-bond acceptors (Lipinski definition) is 5. The van der Waals surface area contributed by atoms with Gasteiger partial charge in [-0.3, -0.25) is 4.79 Å². The second-order valence-corrected chi connectivity index (χ2v) is 9.87. The van der Waals surface area contributed by atoms with E-state index in [9.17, 15) is 13.2 Å². The maximum atomic E-state index is 12.8. The van der Waals surface area contributed by atoms with Crippen LogP contribution in [0, 0.1) is 0 Å². The molecule has 3 aromatic rings. The molecule has 0 unspecified atom stereocenters. The van der Waals surface area contributed by atoms with Gasteiger partial charge in [0.1, 0.15) is 11.6 Å². The number of amides is 1. The molecule has 8 nitrogen and oxygen atoms in total. The first-order valence-corrected chi connectivity index (χ1v) is 12.5. The minimum atomic E-state index is -3.55. The topological polar surface area (TPSA) is 84.7 Å². The average molecular weight is 473 g/mol. The van der Waals surface area contributed by atoms with E-state index in [1.807, 2.05) is 49.7 Å². The van der Waals surface area contributed by atoms with E-state index < -0.39 is 10.0 Å². The molecule has 0 bridgehead atoms. The van der Waals surface area contributed by atoms with Crippen LogP contribution in [0.5, 0.6) is 5.75 Å². The fourth-order valence-corrected chi connectivity index (χ4v) is 5.35. The molecule has 0 fully saturated rings. The summed E-state index contributed by atoms with van der Waals surface area (Å²) in [5, 5.41) is 0. The van der Waals surface area contributed by atoms with Gasteiger partial charge in [-0.15, -0.1) is 0 Å².